The smallest absolute Gasteiger partial charge is 0.355 e. The summed E-state index contributed by atoms with van der Waals surface area (Å²) < 4.78 is 12.9. The average Bonchev–Trinajstić information content (AvgIpc) is 2.81. The Morgan fingerprint density at radius 2 is 1.67 bits per heavy atom. The topological polar surface area (TPSA) is 38.8 Å². The molecule has 0 saturated carbocycles. The first-order valence-electron chi connectivity index (χ1n) is 8.30. The van der Waals surface area contributed by atoms with Gasteiger partial charge in [-0.1, -0.05) is 57.5 Å². The summed E-state index contributed by atoms with van der Waals surface area (Å²) in [5.41, 5.74) is 0. The number of carbonyl (C=O) groups excluding carboxylic acids is 1. The Balaban J connectivity index is 1.86. The summed E-state index contributed by atoms with van der Waals surface area (Å²) in [6.45, 7) is 11.2. The molecule has 2 fully saturated rings. The van der Waals surface area contributed by atoms with Crippen molar-refractivity contribution in [1.29, 1.82) is 0 Å². The van der Waals surface area contributed by atoms with Crippen LogP contribution in [0.15, 0.2) is 0 Å². The maximum atomic E-state index is 12.8. The zero-order valence-corrected chi connectivity index (χ0v) is 16.6. The fourth-order valence-electron chi connectivity index (χ4n) is 3.22. The second-order valence-electron chi connectivity index (χ2n) is 8.07. The molecule has 0 N–H and O–H groups in total. The van der Waals surface area contributed by atoms with E-state index in [-0.39, 0.29) is 28.1 Å². The molecule has 2 heterocycles. The first-order valence-corrected chi connectivity index (χ1v) is 11.7. The van der Waals surface area contributed by atoms with Crippen LogP contribution in [0.2, 0.25) is 18.1 Å². The lowest BCUT2D eigenvalue weighted by atomic mass is 9.85. The minimum absolute atomic E-state index is 0.0493. The van der Waals surface area contributed by atoms with Crippen molar-refractivity contribution in [3.05, 3.63) is 0 Å². The lowest BCUT2D eigenvalue weighted by Crippen LogP contribution is -2.72. The molecule has 3 rings (SSSR count). The normalized spacial score (nSPS) is 32.0. The molecular formula is C18H23NO3SSi. The fourth-order valence-corrected chi connectivity index (χ4v) is 5.96. The van der Waals surface area contributed by atoms with Gasteiger partial charge in [0, 0.05) is 31.1 Å². The van der Waals surface area contributed by atoms with Crippen molar-refractivity contribution in [2.45, 2.75) is 70.0 Å². The van der Waals surface area contributed by atoms with Crippen LogP contribution in [-0.2, 0) is 14.3 Å². The van der Waals surface area contributed by atoms with Gasteiger partial charge >= 0.3 is 5.24 Å². The van der Waals surface area contributed by atoms with Crippen molar-refractivity contribution in [3.63, 3.8) is 0 Å². The molecule has 0 unspecified atom stereocenters. The summed E-state index contributed by atoms with van der Waals surface area (Å²) in [7, 11) is -1.91. The van der Waals surface area contributed by atoms with Crippen LogP contribution in [0.4, 0.5) is 0 Å². The number of ether oxygens (including phenoxy) is 2. The van der Waals surface area contributed by atoms with Crippen LogP contribution >= 0.6 is 12.2 Å². The van der Waals surface area contributed by atoms with E-state index in [1.54, 1.807) is 0 Å². The van der Waals surface area contributed by atoms with E-state index in [4.69, 9.17) is 21.7 Å². The van der Waals surface area contributed by atoms with Gasteiger partial charge in [-0.05, 0) is 5.04 Å². The van der Waals surface area contributed by atoms with Crippen molar-refractivity contribution < 1.29 is 14.3 Å². The van der Waals surface area contributed by atoms with Gasteiger partial charge in [-0.15, -0.1) is 0 Å². The number of hydrogen-bond acceptors (Lipinski definition) is 4. The van der Waals surface area contributed by atoms with Gasteiger partial charge in [-0.3, -0.25) is 4.79 Å². The Hall–Kier alpha value is -1.50. The molecule has 0 aromatic rings. The van der Waals surface area contributed by atoms with Gasteiger partial charge in [0.15, 0.2) is 8.24 Å². The number of nitrogens with zero attached hydrogens (tertiary/aromatic N) is 1. The summed E-state index contributed by atoms with van der Waals surface area (Å²) in [5.74, 6) is 12.6. The van der Waals surface area contributed by atoms with E-state index >= 15 is 0 Å². The van der Waals surface area contributed by atoms with Gasteiger partial charge in [-0.2, -0.15) is 0 Å². The van der Waals surface area contributed by atoms with Gasteiger partial charge in [0.05, 0.1) is 5.92 Å². The van der Waals surface area contributed by atoms with Crippen molar-refractivity contribution >= 4 is 31.6 Å². The van der Waals surface area contributed by atoms with E-state index in [2.05, 4.69) is 62.1 Å². The summed E-state index contributed by atoms with van der Waals surface area (Å²) >= 11 is 4.94. The third-order valence-electron chi connectivity index (χ3n) is 5.63. The second kappa shape index (κ2) is 5.79. The number of carbonyl (C=O) groups is 1. The molecule has 128 valence electrons. The highest BCUT2D eigenvalue weighted by Crippen LogP contribution is 2.46. The molecule has 0 radical (unpaired) electrons. The maximum absolute atomic E-state index is 12.8. The first kappa shape index (κ1) is 17.3. The predicted octanol–water partition coefficient (Wildman–Crippen LogP) is 2.69. The zero-order chi connectivity index (χ0) is 17.7. The lowest BCUT2D eigenvalue weighted by molar-refractivity contribution is -0.147. The van der Waals surface area contributed by atoms with E-state index < -0.39 is 20.4 Å². The second-order valence-corrected chi connectivity index (χ2v) is 13.5. The summed E-state index contributed by atoms with van der Waals surface area (Å²) in [5, 5.41) is 0.219. The monoisotopic (exact) mass is 361 g/mol. The van der Waals surface area contributed by atoms with Gasteiger partial charge < -0.3 is 14.0 Å². The van der Waals surface area contributed by atoms with E-state index in [1.165, 1.54) is 0 Å². The highest BCUT2D eigenvalue weighted by molar-refractivity contribution is 7.79. The molecule has 1 amide bonds. The van der Waals surface area contributed by atoms with Crippen LogP contribution in [0.25, 0.3) is 0 Å². The SMILES string of the molecule is CC(C)(C)[Si](C)(C)N1C(=O)[C@@H]2CC#C[C@@H]3OC(=S)O[C@@H]3C#CC[C@H]21. The zero-order valence-electron chi connectivity index (χ0n) is 14.8. The van der Waals surface area contributed by atoms with Gasteiger partial charge in [0.2, 0.25) is 18.1 Å². The third-order valence-corrected chi connectivity index (χ3v) is 11.3. The fraction of sp³-hybridized carbons (Fsp3) is 0.667. The van der Waals surface area contributed by atoms with Crippen LogP contribution in [0.1, 0.15) is 33.6 Å². The molecule has 0 bridgehead atoms. The van der Waals surface area contributed by atoms with Crippen LogP contribution in [-0.4, -0.2) is 42.2 Å². The number of hydrogen-bond donors (Lipinski definition) is 0. The molecule has 4 atom stereocenters. The Bertz CT molecular complexity index is 704. The molecule has 24 heavy (non-hydrogen) atoms. The van der Waals surface area contributed by atoms with E-state index in [0.29, 0.717) is 12.8 Å². The molecule has 0 spiro atoms. The molecule has 2 aliphatic heterocycles. The van der Waals surface area contributed by atoms with Crippen molar-refractivity contribution in [2.24, 2.45) is 5.92 Å². The molecule has 3 aliphatic rings. The van der Waals surface area contributed by atoms with Crippen molar-refractivity contribution in [3.8, 4) is 23.7 Å². The molecule has 1 aliphatic carbocycles. The standard InChI is InChI=1S/C18H23NO3SSi/c1-18(2,3)24(4,5)19-13-9-7-11-15-14(21-17(23)22-15)10-6-8-12(13)16(19)20/h12-15H,8-9H2,1-5H3/t12-,13-,14+,15-/m1/s1. The molecule has 0 aromatic carbocycles. The van der Waals surface area contributed by atoms with Crippen LogP contribution in [0, 0.1) is 29.6 Å². The van der Waals surface area contributed by atoms with E-state index in [0.717, 1.165) is 0 Å². The predicted molar refractivity (Wildman–Crippen MR) is 98.5 cm³/mol. The van der Waals surface area contributed by atoms with E-state index in [9.17, 15) is 4.79 Å². The third kappa shape index (κ3) is 2.72. The summed E-state index contributed by atoms with van der Waals surface area (Å²) in [6.07, 6.45) is 0.353. The van der Waals surface area contributed by atoms with Crippen LogP contribution in [0.5, 0.6) is 0 Å². The van der Waals surface area contributed by atoms with Gasteiger partial charge in [0.1, 0.15) is 0 Å². The van der Waals surface area contributed by atoms with Crippen molar-refractivity contribution in [2.75, 3.05) is 0 Å². The minimum Gasteiger partial charge on any atom is -0.435 e. The quantitative estimate of drug-likeness (QED) is 0.312. The number of amides is 1. The Kier molecular flexibility index (Phi) is 4.18. The van der Waals surface area contributed by atoms with Gasteiger partial charge in [0.25, 0.3) is 0 Å². The Morgan fingerprint density at radius 1 is 1.12 bits per heavy atom. The maximum Gasteiger partial charge on any atom is 0.355 e. The molecule has 0 aromatic heterocycles. The van der Waals surface area contributed by atoms with Gasteiger partial charge in [-0.25, -0.2) is 0 Å². The van der Waals surface area contributed by atoms with E-state index in [1.807, 2.05) is 0 Å². The number of β-lactam (4-membered cyclic amide) rings is 1. The summed E-state index contributed by atoms with van der Waals surface area (Å²) in [4.78, 5) is 12.8. The molecular weight excluding hydrogens is 338 g/mol. The largest absolute Gasteiger partial charge is 0.435 e. The molecule has 6 heteroatoms. The first-order chi connectivity index (χ1) is 11.1. The average molecular weight is 362 g/mol. The highest BCUT2D eigenvalue weighted by atomic mass is 32.1. The number of thiocarbonyl (C=S) groups is 1. The van der Waals surface area contributed by atoms with Crippen LogP contribution in [0.3, 0.4) is 0 Å². The Morgan fingerprint density at radius 3 is 2.21 bits per heavy atom. The number of rotatable bonds is 1. The highest BCUT2D eigenvalue weighted by Gasteiger charge is 2.56. The minimum atomic E-state index is -1.91. The summed E-state index contributed by atoms with van der Waals surface area (Å²) in [6, 6.07) is 0.158. The molecule has 2 saturated heterocycles. The van der Waals surface area contributed by atoms with Crippen LogP contribution < -0.4 is 0 Å². The molecule has 4 nitrogen and oxygen atoms in total. The Labute approximate surface area is 150 Å². The lowest BCUT2D eigenvalue weighted by Gasteiger charge is -2.58. The van der Waals surface area contributed by atoms with Crippen molar-refractivity contribution in [1.82, 2.24) is 4.57 Å². The number of fused-ring (bicyclic) bond motifs is 2.